The molecule has 3 N–H and O–H groups in total. The van der Waals surface area contributed by atoms with E-state index in [0.717, 1.165) is 32.5 Å². The normalized spacial score (nSPS) is 21.1. The third-order valence-corrected chi connectivity index (χ3v) is 4.50. The quantitative estimate of drug-likeness (QED) is 0.438. The van der Waals surface area contributed by atoms with Crippen LogP contribution in [-0.4, -0.2) is 84.1 Å². The number of alkyl halides is 3. The minimum Gasteiger partial charge on any atom is -0.492 e. The van der Waals surface area contributed by atoms with Gasteiger partial charge in [0.15, 0.2) is 0 Å². The van der Waals surface area contributed by atoms with Gasteiger partial charge < -0.3 is 24.6 Å². The number of halogens is 3. The monoisotopic (exact) mass is 419 g/mol. The number of carbonyl (C=O) groups is 2. The predicted octanol–water partition coefficient (Wildman–Crippen LogP) is 0.0542. The van der Waals surface area contributed by atoms with E-state index in [0.29, 0.717) is 30.9 Å². The zero-order valence-electron chi connectivity index (χ0n) is 15.3. The number of benzene rings is 1. The second-order valence-electron chi connectivity index (χ2n) is 6.65. The first-order valence-electron chi connectivity index (χ1n) is 8.86. The standard InChI is InChI=1S/C15H20BNO5.C2HF3O2/c18-10-11-7-12(3-4-15(11)16(19)20)21-6-5-17-8-13-1-2-14(9-17)22-13;3-2(4,5)1(6)7/h3-4,7,10,13-14,19-20H,1-2,5-6,8-9H2;(H,6,7). The minimum atomic E-state index is -5.08. The number of likely N-dealkylation sites (tertiary alicyclic amines) is 1. The second-order valence-corrected chi connectivity index (χ2v) is 6.65. The van der Waals surface area contributed by atoms with Crippen LogP contribution in [0.15, 0.2) is 18.2 Å². The molecule has 2 unspecified atom stereocenters. The van der Waals surface area contributed by atoms with Gasteiger partial charge >= 0.3 is 19.3 Å². The van der Waals surface area contributed by atoms with Gasteiger partial charge in [0.25, 0.3) is 0 Å². The van der Waals surface area contributed by atoms with Crippen molar-refractivity contribution in [1.82, 2.24) is 4.90 Å². The molecule has 2 bridgehead atoms. The van der Waals surface area contributed by atoms with Gasteiger partial charge in [0.05, 0.1) is 12.2 Å². The first kappa shape index (κ1) is 23.1. The number of morpholine rings is 1. The van der Waals surface area contributed by atoms with E-state index in [9.17, 15) is 18.0 Å². The second kappa shape index (κ2) is 10.1. The number of hydrogen-bond donors (Lipinski definition) is 3. The van der Waals surface area contributed by atoms with E-state index in [1.807, 2.05) is 0 Å². The average molecular weight is 419 g/mol. The van der Waals surface area contributed by atoms with E-state index in [2.05, 4.69) is 4.90 Å². The van der Waals surface area contributed by atoms with Crippen molar-refractivity contribution in [1.29, 1.82) is 0 Å². The smallest absolute Gasteiger partial charge is 0.490 e. The maximum Gasteiger partial charge on any atom is 0.490 e. The zero-order chi connectivity index (χ0) is 21.6. The topological polar surface area (TPSA) is 117 Å². The number of ether oxygens (including phenoxy) is 2. The van der Waals surface area contributed by atoms with Crippen LogP contribution in [-0.2, 0) is 9.53 Å². The molecule has 2 fully saturated rings. The molecule has 0 spiro atoms. The molecule has 8 nitrogen and oxygen atoms in total. The van der Waals surface area contributed by atoms with Crippen LogP contribution in [0.4, 0.5) is 13.2 Å². The molecule has 3 rings (SSSR count). The van der Waals surface area contributed by atoms with Crippen molar-refractivity contribution in [2.45, 2.75) is 31.2 Å². The first-order chi connectivity index (χ1) is 13.6. The molecule has 2 saturated heterocycles. The fraction of sp³-hybridized carbons (Fsp3) is 0.529. The highest BCUT2D eigenvalue weighted by Gasteiger charge is 2.38. The van der Waals surface area contributed by atoms with Gasteiger partial charge in [-0.25, -0.2) is 4.79 Å². The molecule has 0 saturated carbocycles. The zero-order valence-corrected chi connectivity index (χ0v) is 15.3. The first-order valence-corrected chi connectivity index (χ1v) is 8.86. The summed E-state index contributed by atoms with van der Waals surface area (Å²) in [6.07, 6.45) is -1.46. The van der Waals surface area contributed by atoms with Crippen LogP contribution >= 0.6 is 0 Å². The van der Waals surface area contributed by atoms with Crippen molar-refractivity contribution in [2.24, 2.45) is 0 Å². The SMILES string of the molecule is O=C(O)C(F)(F)F.O=Cc1cc(OCCN2CC3CCC(C2)O3)ccc1B(O)O. The van der Waals surface area contributed by atoms with Crippen molar-refractivity contribution in [2.75, 3.05) is 26.2 Å². The summed E-state index contributed by atoms with van der Waals surface area (Å²) in [5.41, 5.74) is 0.420. The van der Waals surface area contributed by atoms with E-state index in [1.165, 1.54) is 12.1 Å². The molecule has 2 aliphatic rings. The van der Waals surface area contributed by atoms with Crippen LogP contribution in [0.5, 0.6) is 5.75 Å². The van der Waals surface area contributed by atoms with Gasteiger partial charge in [-0.15, -0.1) is 0 Å². The molecule has 0 amide bonds. The fourth-order valence-electron chi connectivity index (χ4n) is 3.15. The summed E-state index contributed by atoms with van der Waals surface area (Å²) in [6, 6.07) is 4.67. The van der Waals surface area contributed by atoms with Crippen LogP contribution in [0.3, 0.4) is 0 Å². The Balaban J connectivity index is 0.000000370. The Kier molecular flexibility index (Phi) is 8.02. The van der Waals surface area contributed by atoms with Crippen molar-refractivity contribution in [3.05, 3.63) is 23.8 Å². The number of nitrogens with zero attached hydrogens (tertiary/aromatic N) is 1. The molecule has 1 aromatic carbocycles. The van der Waals surface area contributed by atoms with Gasteiger partial charge in [-0.05, 0) is 30.4 Å². The summed E-state index contributed by atoms with van der Waals surface area (Å²) < 4.78 is 43.2. The van der Waals surface area contributed by atoms with Gasteiger partial charge in [0.2, 0.25) is 0 Å². The van der Waals surface area contributed by atoms with Crippen LogP contribution in [0, 0.1) is 0 Å². The van der Waals surface area contributed by atoms with Gasteiger partial charge in [0.1, 0.15) is 18.6 Å². The molecule has 0 aromatic heterocycles. The lowest BCUT2D eigenvalue weighted by Crippen LogP contribution is -2.44. The number of hydrogen-bond acceptors (Lipinski definition) is 7. The summed E-state index contributed by atoms with van der Waals surface area (Å²) in [5, 5.41) is 25.5. The lowest BCUT2D eigenvalue weighted by molar-refractivity contribution is -0.192. The maximum atomic E-state index is 11.0. The fourth-order valence-corrected chi connectivity index (χ4v) is 3.15. The molecular weight excluding hydrogens is 398 g/mol. The summed E-state index contributed by atoms with van der Waals surface area (Å²) in [7, 11) is -1.65. The third-order valence-electron chi connectivity index (χ3n) is 4.50. The van der Waals surface area contributed by atoms with Crippen LogP contribution in [0.1, 0.15) is 23.2 Å². The Labute approximate surface area is 165 Å². The van der Waals surface area contributed by atoms with Crippen LogP contribution in [0.25, 0.3) is 0 Å². The van der Waals surface area contributed by atoms with Gasteiger partial charge in [-0.3, -0.25) is 9.69 Å². The lowest BCUT2D eigenvalue weighted by atomic mass is 9.77. The summed E-state index contributed by atoms with van der Waals surface area (Å²) in [5.74, 6) is -2.20. The maximum absolute atomic E-state index is 11.0. The van der Waals surface area contributed by atoms with Gasteiger partial charge in [-0.2, -0.15) is 13.2 Å². The number of carboxylic acid groups (broad SMARTS) is 1. The molecule has 1 aromatic rings. The van der Waals surface area contributed by atoms with E-state index < -0.39 is 19.3 Å². The highest BCUT2D eigenvalue weighted by molar-refractivity contribution is 6.60. The molecule has 12 heteroatoms. The highest BCUT2D eigenvalue weighted by Crippen LogP contribution is 2.26. The van der Waals surface area contributed by atoms with E-state index in [4.69, 9.17) is 29.4 Å². The molecule has 2 aliphatic heterocycles. The Bertz CT molecular complexity index is 705. The highest BCUT2D eigenvalue weighted by atomic mass is 19.4. The Morgan fingerprint density at radius 2 is 1.86 bits per heavy atom. The molecule has 0 aliphatic carbocycles. The van der Waals surface area contributed by atoms with Crippen molar-refractivity contribution >= 4 is 24.8 Å². The Hall–Kier alpha value is -2.15. The number of carboxylic acids is 1. The van der Waals surface area contributed by atoms with E-state index in [1.54, 1.807) is 6.07 Å². The largest absolute Gasteiger partial charge is 0.492 e. The summed E-state index contributed by atoms with van der Waals surface area (Å²) in [4.78, 5) is 22.2. The number of aliphatic carboxylic acids is 1. The van der Waals surface area contributed by atoms with Crippen molar-refractivity contribution in [3.63, 3.8) is 0 Å². The van der Waals surface area contributed by atoms with Gasteiger partial charge in [0, 0.05) is 25.2 Å². The molecule has 2 atom stereocenters. The number of rotatable bonds is 6. The summed E-state index contributed by atoms with van der Waals surface area (Å²) >= 11 is 0. The van der Waals surface area contributed by atoms with E-state index >= 15 is 0 Å². The molecule has 160 valence electrons. The van der Waals surface area contributed by atoms with Gasteiger partial charge in [-0.1, -0.05) is 6.07 Å². The number of aldehydes is 1. The average Bonchev–Trinajstić information content (AvgIpc) is 2.99. The van der Waals surface area contributed by atoms with Crippen LogP contribution in [0.2, 0.25) is 0 Å². The van der Waals surface area contributed by atoms with Crippen LogP contribution < -0.4 is 10.2 Å². The molecular formula is C17H21BF3NO7. The molecule has 0 radical (unpaired) electrons. The third kappa shape index (κ3) is 7.00. The number of fused-ring (bicyclic) bond motifs is 2. The van der Waals surface area contributed by atoms with Crippen molar-refractivity contribution in [3.8, 4) is 5.75 Å². The summed E-state index contributed by atoms with van der Waals surface area (Å²) in [6.45, 7) is 3.25. The number of carbonyl (C=O) groups excluding carboxylic acids is 1. The van der Waals surface area contributed by atoms with Crippen molar-refractivity contribution < 1.29 is 47.4 Å². The minimum absolute atomic E-state index is 0.187. The Morgan fingerprint density at radius 1 is 1.28 bits per heavy atom. The predicted molar refractivity (Wildman–Crippen MR) is 95.2 cm³/mol. The lowest BCUT2D eigenvalue weighted by Gasteiger charge is -2.31. The molecule has 2 heterocycles. The molecule has 29 heavy (non-hydrogen) atoms. The Morgan fingerprint density at radius 3 is 2.34 bits per heavy atom. The van der Waals surface area contributed by atoms with E-state index in [-0.39, 0.29) is 11.0 Å².